The zero-order chi connectivity index (χ0) is 14.5. The number of aryl methyl sites for hydroxylation is 1. The number of hydrogen-bond acceptors (Lipinski definition) is 2. The lowest BCUT2D eigenvalue weighted by molar-refractivity contribution is -0.135. The SMILES string of the molecule is C=CCC(N)C(=O)N1CCCCCC1c1cccn1C. The third-order valence-corrected chi connectivity index (χ3v) is 4.10. The van der Waals surface area contributed by atoms with Gasteiger partial charge in [0.05, 0.1) is 12.1 Å². The Labute approximate surface area is 121 Å². The van der Waals surface area contributed by atoms with E-state index < -0.39 is 6.04 Å². The molecular formula is C16H25N3O. The summed E-state index contributed by atoms with van der Waals surface area (Å²) in [6.07, 6.45) is 8.72. The molecule has 1 aliphatic heterocycles. The van der Waals surface area contributed by atoms with Crippen molar-refractivity contribution >= 4 is 5.91 Å². The molecule has 2 unspecified atom stereocenters. The maximum Gasteiger partial charge on any atom is 0.240 e. The number of carbonyl (C=O) groups excluding carboxylic acids is 1. The molecule has 1 aliphatic rings. The van der Waals surface area contributed by atoms with Crippen LogP contribution in [0.25, 0.3) is 0 Å². The standard InChI is InChI=1S/C16H25N3O/c1-3-8-13(17)16(20)19-12-6-4-5-9-15(19)14-10-7-11-18(14)2/h3,7,10-11,13,15H,1,4-6,8-9,12,17H2,2H3. The van der Waals surface area contributed by atoms with Crippen molar-refractivity contribution in [1.29, 1.82) is 0 Å². The highest BCUT2D eigenvalue weighted by Gasteiger charge is 2.30. The Bertz CT molecular complexity index is 466. The fourth-order valence-corrected chi connectivity index (χ4v) is 2.99. The van der Waals surface area contributed by atoms with Crippen molar-refractivity contribution in [2.45, 2.75) is 44.2 Å². The number of carbonyl (C=O) groups is 1. The Morgan fingerprint density at radius 3 is 3.00 bits per heavy atom. The lowest BCUT2D eigenvalue weighted by Crippen LogP contribution is -2.45. The summed E-state index contributed by atoms with van der Waals surface area (Å²) in [7, 11) is 2.03. The van der Waals surface area contributed by atoms with Crippen LogP contribution in [-0.2, 0) is 11.8 Å². The van der Waals surface area contributed by atoms with Crippen LogP contribution in [-0.4, -0.2) is 28.0 Å². The van der Waals surface area contributed by atoms with Gasteiger partial charge in [-0.05, 0) is 31.4 Å². The Kier molecular flexibility index (Phi) is 5.01. The quantitative estimate of drug-likeness (QED) is 0.858. The van der Waals surface area contributed by atoms with Crippen LogP contribution >= 0.6 is 0 Å². The van der Waals surface area contributed by atoms with E-state index >= 15 is 0 Å². The molecule has 0 bridgehead atoms. The normalized spacial score (nSPS) is 21.3. The Morgan fingerprint density at radius 2 is 2.35 bits per heavy atom. The second kappa shape index (κ2) is 6.75. The highest BCUT2D eigenvalue weighted by molar-refractivity contribution is 5.82. The van der Waals surface area contributed by atoms with Gasteiger partial charge in [0.15, 0.2) is 0 Å². The van der Waals surface area contributed by atoms with E-state index in [0.29, 0.717) is 6.42 Å². The molecular weight excluding hydrogens is 250 g/mol. The molecule has 2 rings (SSSR count). The molecule has 2 atom stereocenters. The van der Waals surface area contributed by atoms with Crippen LogP contribution in [0, 0.1) is 0 Å². The summed E-state index contributed by atoms with van der Waals surface area (Å²) in [5, 5.41) is 0. The topological polar surface area (TPSA) is 51.3 Å². The Morgan fingerprint density at radius 1 is 1.55 bits per heavy atom. The summed E-state index contributed by atoms with van der Waals surface area (Å²) in [5.41, 5.74) is 7.19. The van der Waals surface area contributed by atoms with Crippen molar-refractivity contribution in [3.05, 3.63) is 36.7 Å². The molecule has 1 amide bonds. The predicted molar refractivity (Wildman–Crippen MR) is 81.1 cm³/mol. The van der Waals surface area contributed by atoms with Crippen molar-refractivity contribution < 1.29 is 4.79 Å². The summed E-state index contributed by atoms with van der Waals surface area (Å²) in [5.74, 6) is 0.0537. The number of rotatable bonds is 4. The molecule has 110 valence electrons. The number of nitrogens with two attached hydrogens (primary N) is 1. The minimum absolute atomic E-state index is 0.0537. The largest absolute Gasteiger partial charge is 0.353 e. The highest BCUT2D eigenvalue weighted by atomic mass is 16.2. The van der Waals surface area contributed by atoms with Gasteiger partial charge in [0, 0.05) is 25.5 Å². The molecule has 2 N–H and O–H groups in total. The molecule has 20 heavy (non-hydrogen) atoms. The first-order valence-corrected chi connectivity index (χ1v) is 7.43. The summed E-state index contributed by atoms with van der Waals surface area (Å²) in [6, 6.07) is 3.83. The van der Waals surface area contributed by atoms with Crippen LogP contribution in [0.3, 0.4) is 0 Å². The first-order chi connectivity index (χ1) is 9.65. The summed E-state index contributed by atoms with van der Waals surface area (Å²) < 4.78 is 2.11. The molecule has 4 heteroatoms. The minimum Gasteiger partial charge on any atom is -0.353 e. The number of likely N-dealkylation sites (tertiary alicyclic amines) is 1. The fourth-order valence-electron chi connectivity index (χ4n) is 2.99. The van der Waals surface area contributed by atoms with Gasteiger partial charge in [-0.25, -0.2) is 0 Å². The van der Waals surface area contributed by atoms with Gasteiger partial charge in [0.1, 0.15) is 0 Å². The number of amides is 1. The number of hydrogen-bond donors (Lipinski definition) is 1. The second-order valence-electron chi connectivity index (χ2n) is 5.57. The van der Waals surface area contributed by atoms with Crippen molar-refractivity contribution in [2.75, 3.05) is 6.54 Å². The average Bonchev–Trinajstić information content (AvgIpc) is 2.72. The highest BCUT2D eigenvalue weighted by Crippen LogP contribution is 2.30. The zero-order valence-corrected chi connectivity index (χ0v) is 12.3. The van der Waals surface area contributed by atoms with E-state index in [1.807, 2.05) is 24.2 Å². The first-order valence-electron chi connectivity index (χ1n) is 7.43. The van der Waals surface area contributed by atoms with Gasteiger partial charge in [-0.2, -0.15) is 0 Å². The van der Waals surface area contributed by atoms with Crippen LogP contribution in [0.4, 0.5) is 0 Å². The average molecular weight is 275 g/mol. The van der Waals surface area contributed by atoms with Crippen LogP contribution in [0.15, 0.2) is 31.0 Å². The van der Waals surface area contributed by atoms with Crippen molar-refractivity contribution in [2.24, 2.45) is 12.8 Å². The van der Waals surface area contributed by atoms with Gasteiger partial charge in [0.2, 0.25) is 5.91 Å². The maximum atomic E-state index is 12.6. The third kappa shape index (κ3) is 3.12. The van der Waals surface area contributed by atoms with Crippen LogP contribution < -0.4 is 5.73 Å². The molecule has 1 aromatic rings. The molecule has 1 aromatic heterocycles. The van der Waals surface area contributed by atoms with E-state index in [1.165, 1.54) is 12.1 Å². The molecule has 2 heterocycles. The Balaban J connectivity index is 2.23. The van der Waals surface area contributed by atoms with Gasteiger partial charge in [-0.15, -0.1) is 6.58 Å². The van der Waals surface area contributed by atoms with E-state index in [-0.39, 0.29) is 11.9 Å². The zero-order valence-electron chi connectivity index (χ0n) is 12.3. The summed E-state index contributed by atoms with van der Waals surface area (Å²) in [6.45, 7) is 4.48. The van der Waals surface area contributed by atoms with Gasteiger partial charge < -0.3 is 15.2 Å². The number of nitrogens with zero attached hydrogens (tertiary/aromatic N) is 2. The van der Waals surface area contributed by atoms with E-state index in [0.717, 1.165) is 25.8 Å². The van der Waals surface area contributed by atoms with Crippen LogP contribution in [0.2, 0.25) is 0 Å². The van der Waals surface area contributed by atoms with Gasteiger partial charge in [-0.1, -0.05) is 18.9 Å². The van der Waals surface area contributed by atoms with E-state index in [2.05, 4.69) is 17.2 Å². The van der Waals surface area contributed by atoms with E-state index in [1.54, 1.807) is 6.08 Å². The first kappa shape index (κ1) is 14.9. The molecule has 0 aromatic carbocycles. The monoisotopic (exact) mass is 275 g/mol. The lowest BCUT2D eigenvalue weighted by atomic mass is 10.0. The fraction of sp³-hybridized carbons (Fsp3) is 0.562. The summed E-state index contributed by atoms with van der Waals surface area (Å²) in [4.78, 5) is 14.6. The predicted octanol–water partition coefficient (Wildman–Crippen LogP) is 2.37. The van der Waals surface area contributed by atoms with Crippen molar-refractivity contribution in [3.63, 3.8) is 0 Å². The van der Waals surface area contributed by atoms with Crippen molar-refractivity contribution in [1.82, 2.24) is 9.47 Å². The van der Waals surface area contributed by atoms with E-state index in [4.69, 9.17) is 5.73 Å². The van der Waals surface area contributed by atoms with Crippen molar-refractivity contribution in [3.8, 4) is 0 Å². The van der Waals surface area contributed by atoms with Crippen LogP contribution in [0.5, 0.6) is 0 Å². The molecule has 4 nitrogen and oxygen atoms in total. The second-order valence-corrected chi connectivity index (χ2v) is 5.57. The van der Waals surface area contributed by atoms with E-state index in [9.17, 15) is 4.79 Å². The lowest BCUT2D eigenvalue weighted by Gasteiger charge is -2.32. The summed E-state index contributed by atoms with van der Waals surface area (Å²) >= 11 is 0. The molecule has 1 fully saturated rings. The Hall–Kier alpha value is -1.55. The molecule has 1 saturated heterocycles. The molecule has 0 aliphatic carbocycles. The number of aromatic nitrogens is 1. The van der Waals surface area contributed by atoms with Gasteiger partial charge in [-0.3, -0.25) is 4.79 Å². The molecule has 0 spiro atoms. The van der Waals surface area contributed by atoms with Gasteiger partial charge in [0.25, 0.3) is 0 Å². The van der Waals surface area contributed by atoms with Gasteiger partial charge >= 0.3 is 0 Å². The third-order valence-electron chi connectivity index (χ3n) is 4.10. The van der Waals surface area contributed by atoms with Crippen LogP contribution in [0.1, 0.15) is 43.8 Å². The maximum absolute atomic E-state index is 12.6. The minimum atomic E-state index is -0.464. The molecule has 0 saturated carbocycles. The smallest absolute Gasteiger partial charge is 0.240 e. The molecule has 0 radical (unpaired) electrons.